The Hall–Kier alpha value is 26.9. The zero-order valence-electron chi connectivity index (χ0n) is 24.7. The second-order valence-electron chi connectivity index (χ2n) is 10.7. The van der Waals surface area contributed by atoms with Crippen LogP contribution in [0.25, 0.3) is 0 Å². The predicted octanol–water partition coefficient (Wildman–Crippen LogP) is 28.4. The van der Waals surface area contributed by atoms with E-state index in [0.29, 0.717) is 0 Å². The van der Waals surface area contributed by atoms with E-state index in [1.54, 1.807) is 0 Å². The van der Waals surface area contributed by atoms with Gasteiger partial charge in [-0.2, -0.15) is 8.42 Å². The maximum atomic E-state index is 12.9. The van der Waals surface area contributed by atoms with E-state index < -0.39 is 20.9 Å². The van der Waals surface area contributed by atoms with Crippen molar-refractivity contribution >= 4 is 846 Å². The Kier molecular flexibility index (Phi) is 43.9. The van der Waals surface area contributed by atoms with E-state index in [4.69, 9.17) is 0 Å². The normalized spacial score (nSPS) is 17.5. The van der Waals surface area contributed by atoms with Crippen LogP contribution in [0.4, 0.5) is 0 Å². The number of hydrogen-bond acceptors (Lipinski definition) is 2. The van der Waals surface area contributed by atoms with Gasteiger partial charge in [-0.1, -0.05) is 791 Å². The number of alkyl halides is 37. The van der Waals surface area contributed by atoms with Gasteiger partial charge in [0.05, 0.1) is 0 Å². The van der Waals surface area contributed by atoms with E-state index >= 15 is 0 Å². The van der Waals surface area contributed by atoms with Gasteiger partial charge in [0, 0.05) is 0 Å². The van der Waals surface area contributed by atoms with E-state index in [-0.39, 0.29) is 12.3 Å². The fourth-order valence-electron chi connectivity index (χ4n) is 3.28. The highest BCUT2D eigenvalue weighted by atomic mass is 127. The van der Waals surface area contributed by atoms with Gasteiger partial charge in [0.1, 0.15) is 22.3 Å². The Labute approximate surface area is 851 Å². The van der Waals surface area contributed by atoms with E-state index in [2.05, 4.69) is 791 Å². The fourth-order valence-corrected chi connectivity index (χ4v) is 66.1. The molecule has 0 saturated heterocycles. The summed E-state index contributed by atoms with van der Waals surface area (Å²) in [4.78, 5) is 0. The SMILES string of the molecule is O=S(=O)(O)C(I)(I)C(I)(I)C(I)(I)C(I)(I)C(I)(I)C(I)(I)C(I)(I)C(I)(I)C(I)(I)C(I)(I)C(I)(I)C(I)(I)C(I)(I)C(I)(I)C(I)(I)C(I)(I)C(I)(I)C(I)(I)I. The molecule has 0 aromatic rings. The van der Waals surface area contributed by atoms with Gasteiger partial charge in [-0.25, -0.2) is 0 Å². The molecule has 0 spiro atoms. The Morgan fingerprint density at radius 3 is 0.407 bits per heavy atom. The van der Waals surface area contributed by atoms with Crippen molar-refractivity contribution in [2.24, 2.45) is 0 Å². The largest absolute Gasteiger partial charge is 0.291 e. The molecule has 0 aliphatic carbocycles. The van der Waals surface area contributed by atoms with Crippen molar-refractivity contribution in [2.45, 2.75) is 23.1 Å². The fraction of sp³-hybridized carbons (Fsp3) is 1.00. The van der Waals surface area contributed by atoms with Gasteiger partial charge in [-0.05, 0) is 45.2 Å². The zero-order valence-corrected chi connectivity index (χ0v) is 105. The van der Waals surface area contributed by atoms with Gasteiger partial charge in [0.25, 0.3) is 10.1 Å². The smallest absolute Gasteiger partial charge is 0.284 e. The summed E-state index contributed by atoms with van der Waals surface area (Å²) >= 11 is 97.9. The molecule has 0 bridgehead atoms. The molecule has 0 aromatic heterocycles. The van der Waals surface area contributed by atoms with E-state index in [9.17, 15) is 13.0 Å². The molecule has 0 aliphatic rings. The lowest BCUT2D eigenvalue weighted by molar-refractivity contribution is 0.477. The highest BCUT2D eigenvalue weighted by Crippen LogP contribution is 2.85. The summed E-state index contributed by atoms with van der Waals surface area (Å²) in [6.45, 7) is 0. The van der Waals surface area contributed by atoms with Crippen LogP contribution in [-0.4, -0.2) is 36.0 Å². The first kappa shape index (κ1) is 85.9. The maximum absolute atomic E-state index is 12.9. The van der Waals surface area contributed by atoms with Crippen molar-refractivity contribution in [2.75, 3.05) is 0 Å². The summed E-state index contributed by atoms with van der Waals surface area (Å²) < 4.78 is 28.4. The highest BCUT2D eigenvalue weighted by Gasteiger charge is 2.84. The minimum Gasteiger partial charge on any atom is -0.284 e. The molecular formula is C18HI37O3S. The van der Waals surface area contributed by atoms with E-state index in [1.165, 1.54) is 0 Å². The average molecular weight is 4990 g/mol. The monoisotopic (exact) mass is 4990 g/mol. The molecule has 0 unspecified atom stereocenters. The Morgan fingerprint density at radius 1 is 0.203 bits per heavy atom. The second kappa shape index (κ2) is 30.1. The number of hydrogen-bond donors (Lipinski definition) is 1. The van der Waals surface area contributed by atoms with E-state index in [1.807, 2.05) is 45.2 Å². The van der Waals surface area contributed by atoms with Crippen LogP contribution in [-0.2, 0) is 10.1 Å². The summed E-state index contributed by atoms with van der Waals surface area (Å²) in [6.07, 6.45) is 0. The van der Waals surface area contributed by atoms with E-state index in [0.717, 1.165) is 0 Å². The van der Waals surface area contributed by atoms with Crippen molar-refractivity contribution in [3.8, 4) is 0 Å². The minimum atomic E-state index is -4.43. The van der Waals surface area contributed by atoms with Gasteiger partial charge in [0.2, 0.25) is 0.760 Å². The van der Waals surface area contributed by atoms with Crippen molar-refractivity contribution in [1.82, 2.24) is 0 Å². The van der Waals surface area contributed by atoms with Crippen molar-refractivity contribution in [3.05, 3.63) is 0 Å². The molecule has 0 heterocycles. The summed E-state index contributed by atoms with van der Waals surface area (Å²) in [6, 6.07) is 0. The molecule has 59 heavy (non-hydrogen) atoms. The summed E-state index contributed by atoms with van der Waals surface area (Å²) in [7, 11) is -4.43. The second-order valence-corrected chi connectivity index (χ2v) is 115. The number of rotatable bonds is 18. The van der Waals surface area contributed by atoms with Crippen LogP contribution in [0.2, 0.25) is 0 Å². The van der Waals surface area contributed by atoms with Crippen LogP contribution in [0.1, 0.15) is 0 Å². The molecule has 0 fully saturated rings. The predicted molar refractivity (Wildman–Crippen MR) is 579 cm³/mol. The Morgan fingerprint density at radius 2 is 0.305 bits per heavy atom. The third kappa shape index (κ3) is 16.4. The van der Waals surface area contributed by atoms with Gasteiger partial charge in [0.15, 0.2) is 0 Å². The maximum Gasteiger partial charge on any atom is 0.291 e. The number of halogens is 37. The molecule has 0 amide bonds. The third-order valence-electron chi connectivity index (χ3n) is 6.96. The first-order valence-corrected chi connectivity index (χ1v) is 53.3. The first-order valence-electron chi connectivity index (χ1n) is 12.0. The average Bonchev–Trinajstić information content (AvgIpc) is 2.98. The van der Waals surface area contributed by atoms with Crippen LogP contribution in [0.5, 0.6) is 0 Å². The minimum absolute atomic E-state index is 0.0402. The highest BCUT2D eigenvalue weighted by molar-refractivity contribution is 14.3. The summed E-state index contributed by atoms with van der Waals surface area (Å²) in [5, 5.41) is 0. The van der Waals surface area contributed by atoms with Crippen LogP contribution < -0.4 is 0 Å². The molecule has 0 saturated carbocycles. The molecule has 0 rings (SSSR count). The standard InChI is InChI=1S/C18HI37O3S/c19-1(20,3(23,24)5(27,28)7(31,32)9(35,36)11(39,40)13(43,44)15(47,48)17(51,52)53)2(21,22)4(25,26)6(29,30)8(33,34)10(37,38)12(41,42)14(45,46)16(49,50)18(54,55)59(56,57)58/h(H,56,57,58). The van der Waals surface area contributed by atoms with Gasteiger partial charge >= 0.3 is 0 Å². The Balaban J connectivity index is 7.94. The summed E-state index contributed by atoms with van der Waals surface area (Å²) in [5.74, 6) is 0. The van der Waals surface area contributed by atoms with Crippen LogP contribution in [0.15, 0.2) is 0 Å². The molecule has 41 heteroatoms. The molecule has 356 valence electrons. The van der Waals surface area contributed by atoms with Crippen LogP contribution >= 0.6 is 836 Å². The zero-order chi connectivity index (χ0) is 49.5. The lowest BCUT2D eigenvalue weighted by atomic mass is 10.0. The molecule has 1 N–H and O–H groups in total. The van der Waals surface area contributed by atoms with Crippen molar-refractivity contribution < 1.29 is 13.0 Å². The first-order chi connectivity index (χ1) is 24.5. The topological polar surface area (TPSA) is 54.4 Å². The Bertz CT molecular complexity index is 1680. The van der Waals surface area contributed by atoms with Gasteiger partial charge in [-0.3, -0.25) is 4.55 Å². The lowest BCUT2D eigenvalue weighted by Gasteiger charge is -2.63. The molecule has 3 nitrogen and oxygen atoms in total. The van der Waals surface area contributed by atoms with Gasteiger partial charge in [-0.15, -0.1) is 0 Å². The van der Waals surface area contributed by atoms with Gasteiger partial charge < -0.3 is 0 Å². The van der Waals surface area contributed by atoms with Crippen molar-refractivity contribution in [3.63, 3.8) is 0 Å². The van der Waals surface area contributed by atoms with Crippen molar-refractivity contribution in [1.29, 1.82) is 0 Å². The molecule has 0 radical (unpaired) electrons. The lowest BCUT2D eigenvalue weighted by Crippen LogP contribution is -2.73. The molecule has 0 aliphatic heterocycles. The third-order valence-corrected chi connectivity index (χ3v) is 140. The van der Waals surface area contributed by atoms with Crippen LogP contribution in [0.3, 0.4) is 0 Å². The summed E-state index contributed by atoms with van der Waals surface area (Å²) in [5.41, 5.74) is 0. The quantitative estimate of drug-likeness (QED) is 0.0845. The molecular weight excluding hydrogens is 4990 g/mol. The molecule has 0 atom stereocenters. The molecule has 0 aromatic carbocycles. The van der Waals surface area contributed by atoms with Crippen LogP contribution in [0, 0.1) is 0 Å².